The molecule has 5 rings (SSSR count). The molecule has 0 radical (unpaired) electrons. The Kier molecular flexibility index (Phi) is 2.09. The first-order valence-electron chi connectivity index (χ1n) is 7.31. The fourth-order valence-electron chi connectivity index (χ4n) is 4.23. The smallest absolute Gasteiger partial charge is 0.145 e. The van der Waals surface area contributed by atoms with Crippen LogP contribution in [0, 0.1) is 0 Å². The van der Waals surface area contributed by atoms with Crippen LogP contribution >= 0.6 is 0 Å². The Morgan fingerprint density at radius 3 is 2.27 bits per heavy atom. The highest BCUT2D eigenvalue weighted by atomic mass is 16.4. The lowest BCUT2D eigenvalue weighted by atomic mass is 9.73. The van der Waals surface area contributed by atoms with Crippen LogP contribution < -0.4 is 0 Å². The molecule has 3 aromatic rings. The second-order valence-corrected chi connectivity index (χ2v) is 6.24. The zero-order valence-electron chi connectivity index (χ0n) is 11.6. The topological polar surface area (TPSA) is 80.9 Å². The van der Waals surface area contributed by atoms with Crippen LogP contribution in [0.3, 0.4) is 0 Å². The van der Waals surface area contributed by atoms with Crippen LogP contribution in [0.4, 0.5) is 0 Å². The molecule has 0 amide bonds. The number of hydrogen-bond acceptors (Lipinski definition) is 4. The standard InChI is InChI=1S/C18H14O4/c19-15-10-7-6-9-5-4-8-2-1-3-11-12(8)13(9)14(10)18(11,22)17(21)16(15)20/h1-7,15-17,19-22H/t15-,16+,17+,18-/m1/s1. The van der Waals surface area contributed by atoms with Crippen LogP contribution in [0.15, 0.2) is 42.5 Å². The Morgan fingerprint density at radius 1 is 0.818 bits per heavy atom. The lowest BCUT2D eigenvalue weighted by molar-refractivity contribution is -0.152. The Balaban J connectivity index is 2.09. The summed E-state index contributed by atoms with van der Waals surface area (Å²) in [7, 11) is 0. The van der Waals surface area contributed by atoms with E-state index in [4.69, 9.17) is 0 Å². The van der Waals surface area contributed by atoms with Gasteiger partial charge in [0, 0.05) is 5.56 Å². The van der Waals surface area contributed by atoms with E-state index in [1.807, 2.05) is 30.3 Å². The molecule has 0 unspecified atom stereocenters. The molecule has 0 heterocycles. The van der Waals surface area contributed by atoms with Crippen molar-refractivity contribution >= 4 is 21.5 Å². The van der Waals surface area contributed by atoms with E-state index in [-0.39, 0.29) is 0 Å². The second-order valence-electron chi connectivity index (χ2n) is 6.24. The van der Waals surface area contributed by atoms with Crippen LogP contribution in [0.25, 0.3) is 21.5 Å². The number of benzene rings is 3. The fraction of sp³-hybridized carbons (Fsp3) is 0.222. The van der Waals surface area contributed by atoms with E-state index in [0.29, 0.717) is 16.7 Å². The number of hydrogen-bond donors (Lipinski definition) is 4. The van der Waals surface area contributed by atoms with Gasteiger partial charge in [-0.15, -0.1) is 0 Å². The monoisotopic (exact) mass is 294 g/mol. The van der Waals surface area contributed by atoms with E-state index in [9.17, 15) is 20.4 Å². The van der Waals surface area contributed by atoms with Gasteiger partial charge in [-0.05, 0) is 32.7 Å². The first-order valence-corrected chi connectivity index (χ1v) is 7.31. The van der Waals surface area contributed by atoms with Gasteiger partial charge in [-0.2, -0.15) is 0 Å². The lowest BCUT2D eigenvalue weighted by Crippen LogP contribution is -2.52. The molecule has 4 N–H and O–H groups in total. The van der Waals surface area contributed by atoms with Gasteiger partial charge in [-0.1, -0.05) is 42.5 Å². The summed E-state index contributed by atoms with van der Waals surface area (Å²) in [6, 6.07) is 13.1. The summed E-state index contributed by atoms with van der Waals surface area (Å²) in [6.45, 7) is 0. The third-order valence-electron chi connectivity index (χ3n) is 5.24. The quantitative estimate of drug-likeness (QED) is 0.471. The highest BCUT2D eigenvalue weighted by Crippen LogP contribution is 2.55. The van der Waals surface area contributed by atoms with Crippen LogP contribution in [0.5, 0.6) is 0 Å². The predicted octanol–water partition coefficient (Wildman–Crippen LogP) is 1.31. The molecule has 2 aliphatic rings. The van der Waals surface area contributed by atoms with Gasteiger partial charge in [0.05, 0.1) is 0 Å². The van der Waals surface area contributed by atoms with Crippen LogP contribution in [0.1, 0.15) is 22.8 Å². The summed E-state index contributed by atoms with van der Waals surface area (Å²) in [5, 5.41) is 46.0. The van der Waals surface area contributed by atoms with Crippen molar-refractivity contribution in [2.75, 3.05) is 0 Å². The molecule has 22 heavy (non-hydrogen) atoms. The molecule has 110 valence electrons. The predicted molar refractivity (Wildman–Crippen MR) is 81.4 cm³/mol. The molecule has 0 spiro atoms. The van der Waals surface area contributed by atoms with Gasteiger partial charge in [0.1, 0.15) is 23.9 Å². The molecule has 3 aromatic carbocycles. The Morgan fingerprint density at radius 2 is 1.50 bits per heavy atom. The normalized spacial score (nSPS) is 32.3. The molecular formula is C18H14O4. The summed E-state index contributed by atoms with van der Waals surface area (Å²) in [6.07, 6.45) is -4.11. The van der Waals surface area contributed by atoms with Gasteiger partial charge in [0.2, 0.25) is 0 Å². The number of fused-ring (bicyclic) bond motifs is 1. The molecule has 0 saturated carbocycles. The molecule has 4 heteroatoms. The van der Waals surface area contributed by atoms with Crippen molar-refractivity contribution in [1.82, 2.24) is 0 Å². The summed E-state index contributed by atoms with van der Waals surface area (Å²) >= 11 is 0. The minimum Gasteiger partial charge on any atom is -0.387 e. The van der Waals surface area contributed by atoms with Gasteiger partial charge >= 0.3 is 0 Å². The summed E-state index contributed by atoms with van der Waals surface area (Å²) < 4.78 is 0. The molecule has 0 fully saturated rings. The van der Waals surface area contributed by atoms with E-state index in [0.717, 1.165) is 21.5 Å². The summed E-state index contributed by atoms with van der Waals surface area (Å²) in [5.41, 5.74) is -0.0773. The van der Waals surface area contributed by atoms with E-state index in [1.165, 1.54) is 0 Å². The van der Waals surface area contributed by atoms with Gasteiger partial charge in [0.15, 0.2) is 0 Å². The Bertz CT molecular complexity index is 964. The second kappa shape index (κ2) is 3.67. The molecule has 0 saturated heterocycles. The lowest BCUT2D eigenvalue weighted by Gasteiger charge is -2.42. The zero-order chi connectivity index (χ0) is 15.2. The van der Waals surface area contributed by atoms with Gasteiger partial charge < -0.3 is 20.4 Å². The molecule has 4 atom stereocenters. The van der Waals surface area contributed by atoms with Gasteiger partial charge in [-0.25, -0.2) is 0 Å². The maximum Gasteiger partial charge on any atom is 0.145 e. The number of rotatable bonds is 0. The fourth-order valence-corrected chi connectivity index (χ4v) is 4.23. The SMILES string of the molecule is O[C@H]1[C@H](O)c2ccc3ccc4cccc5c4c3c2[C@@]5(O)[C@H]1O. The molecule has 2 aliphatic carbocycles. The zero-order valence-corrected chi connectivity index (χ0v) is 11.6. The highest BCUT2D eigenvalue weighted by molar-refractivity contribution is 6.15. The van der Waals surface area contributed by atoms with E-state index in [1.54, 1.807) is 12.1 Å². The molecule has 0 bridgehead atoms. The molecule has 4 nitrogen and oxygen atoms in total. The summed E-state index contributed by atoms with van der Waals surface area (Å²) in [5.74, 6) is 0. The van der Waals surface area contributed by atoms with Crippen LogP contribution in [-0.4, -0.2) is 32.6 Å². The van der Waals surface area contributed by atoms with Crippen molar-refractivity contribution in [2.24, 2.45) is 0 Å². The number of aliphatic hydroxyl groups is 4. The average molecular weight is 294 g/mol. The van der Waals surface area contributed by atoms with Crippen molar-refractivity contribution in [3.8, 4) is 0 Å². The van der Waals surface area contributed by atoms with Gasteiger partial charge in [0.25, 0.3) is 0 Å². The van der Waals surface area contributed by atoms with Gasteiger partial charge in [-0.3, -0.25) is 0 Å². The number of aliphatic hydroxyl groups excluding tert-OH is 3. The summed E-state index contributed by atoms with van der Waals surface area (Å²) in [4.78, 5) is 0. The molecule has 0 aliphatic heterocycles. The van der Waals surface area contributed by atoms with E-state index >= 15 is 0 Å². The Hall–Kier alpha value is -1.98. The van der Waals surface area contributed by atoms with Crippen LogP contribution in [0.2, 0.25) is 0 Å². The molecule has 0 aromatic heterocycles. The third kappa shape index (κ3) is 1.13. The van der Waals surface area contributed by atoms with Crippen molar-refractivity contribution in [2.45, 2.75) is 23.9 Å². The van der Waals surface area contributed by atoms with E-state index < -0.39 is 23.9 Å². The van der Waals surface area contributed by atoms with Crippen molar-refractivity contribution in [3.63, 3.8) is 0 Å². The first kappa shape index (κ1) is 12.6. The minimum atomic E-state index is -1.68. The Labute approximate surface area is 125 Å². The average Bonchev–Trinajstić information content (AvgIpc) is 2.83. The maximum absolute atomic E-state index is 11.3. The van der Waals surface area contributed by atoms with Crippen molar-refractivity contribution in [3.05, 3.63) is 59.2 Å². The maximum atomic E-state index is 11.3. The first-order chi connectivity index (χ1) is 10.5. The molecular weight excluding hydrogens is 280 g/mol. The van der Waals surface area contributed by atoms with Crippen molar-refractivity contribution in [1.29, 1.82) is 0 Å². The van der Waals surface area contributed by atoms with E-state index in [2.05, 4.69) is 0 Å². The van der Waals surface area contributed by atoms with Crippen molar-refractivity contribution < 1.29 is 20.4 Å². The third-order valence-corrected chi connectivity index (χ3v) is 5.24. The highest BCUT2D eigenvalue weighted by Gasteiger charge is 2.55. The largest absolute Gasteiger partial charge is 0.387 e. The van der Waals surface area contributed by atoms with Crippen LogP contribution in [-0.2, 0) is 5.60 Å². The minimum absolute atomic E-state index is 0.483.